The van der Waals surface area contributed by atoms with Gasteiger partial charge in [0.1, 0.15) is 6.04 Å². The van der Waals surface area contributed by atoms with E-state index in [0.29, 0.717) is 19.4 Å². The van der Waals surface area contributed by atoms with Crippen molar-refractivity contribution in [1.82, 2.24) is 10.6 Å². The van der Waals surface area contributed by atoms with Crippen LogP contribution in [0.25, 0.3) is 0 Å². The van der Waals surface area contributed by atoms with Crippen molar-refractivity contribution >= 4 is 17.8 Å². The number of carbonyl (C=O) groups excluding carboxylic acids is 2. The van der Waals surface area contributed by atoms with Crippen LogP contribution in [0.1, 0.15) is 39.5 Å². The van der Waals surface area contributed by atoms with Gasteiger partial charge in [-0.05, 0) is 31.6 Å². The zero-order valence-corrected chi connectivity index (χ0v) is 13.6. The van der Waals surface area contributed by atoms with Crippen molar-refractivity contribution in [2.45, 2.75) is 57.8 Å². The minimum atomic E-state index is -1.18. The lowest BCUT2D eigenvalue weighted by atomic mass is 10.0. The van der Waals surface area contributed by atoms with E-state index in [-0.39, 0.29) is 18.4 Å². The molecule has 0 aromatic heterocycles. The molecule has 0 saturated carbocycles. The van der Waals surface area contributed by atoms with E-state index in [2.05, 4.69) is 10.6 Å². The first kappa shape index (κ1) is 19.4. The summed E-state index contributed by atoms with van der Waals surface area (Å²) in [6, 6.07) is -0.709. The number of unbranched alkanes of at least 4 members (excludes halogenated alkanes) is 2. The van der Waals surface area contributed by atoms with Crippen LogP contribution < -0.4 is 10.6 Å². The third-order valence-corrected chi connectivity index (χ3v) is 3.47. The zero-order chi connectivity index (χ0) is 17.4. The van der Waals surface area contributed by atoms with Crippen molar-refractivity contribution in [3.8, 4) is 0 Å². The number of aliphatic carboxylic acids is 1. The van der Waals surface area contributed by atoms with Crippen molar-refractivity contribution in [3.63, 3.8) is 0 Å². The molecule has 0 radical (unpaired) electrons. The fourth-order valence-electron chi connectivity index (χ4n) is 2.20. The van der Waals surface area contributed by atoms with Gasteiger partial charge in [-0.25, -0.2) is 4.79 Å². The summed E-state index contributed by atoms with van der Waals surface area (Å²) >= 11 is 0. The van der Waals surface area contributed by atoms with Crippen LogP contribution in [0, 0.1) is 5.92 Å². The Balaban J connectivity index is 2.43. The maximum absolute atomic E-state index is 12.2. The zero-order valence-electron chi connectivity index (χ0n) is 13.6. The molecule has 132 valence electrons. The molecule has 0 aromatic carbocycles. The number of ether oxygens (including phenoxy) is 1. The van der Waals surface area contributed by atoms with E-state index in [1.807, 2.05) is 13.8 Å². The third kappa shape index (κ3) is 6.96. The number of aliphatic hydroxyl groups is 1. The Labute approximate surface area is 135 Å². The molecule has 23 heavy (non-hydrogen) atoms. The standard InChI is InChI=1S/C15H26N2O6/c1-9(2)8-10(13(19)16-6-4-3-5-7-18)17-14(20)11-12(23-11)15(21)22/h9-12,18H,3-8H2,1-2H3,(H,16,19)(H,17,20)(H,21,22)/t10-,11+,12+/m0/s1. The molecule has 0 spiro atoms. The molecule has 3 atom stereocenters. The van der Waals surface area contributed by atoms with Crippen molar-refractivity contribution in [2.24, 2.45) is 5.92 Å². The lowest BCUT2D eigenvalue weighted by Crippen LogP contribution is -2.49. The summed E-state index contributed by atoms with van der Waals surface area (Å²) in [7, 11) is 0. The van der Waals surface area contributed by atoms with Gasteiger partial charge in [0.05, 0.1) is 0 Å². The highest BCUT2D eigenvalue weighted by atomic mass is 16.6. The van der Waals surface area contributed by atoms with Crippen LogP contribution in [0.5, 0.6) is 0 Å². The second-order valence-electron chi connectivity index (χ2n) is 6.08. The number of rotatable bonds is 11. The number of hydrogen-bond donors (Lipinski definition) is 4. The van der Waals surface area contributed by atoms with Crippen LogP contribution in [0.4, 0.5) is 0 Å². The van der Waals surface area contributed by atoms with Crippen molar-refractivity contribution in [3.05, 3.63) is 0 Å². The van der Waals surface area contributed by atoms with Crippen molar-refractivity contribution in [2.75, 3.05) is 13.2 Å². The molecule has 1 rings (SSSR count). The maximum atomic E-state index is 12.2. The lowest BCUT2D eigenvalue weighted by Gasteiger charge is -2.19. The fourth-order valence-corrected chi connectivity index (χ4v) is 2.20. The van der Waals surface area contributed by atoms with Gasteiger partial charge >= 0.3 is 5.97 Å². The Morgan fingerprint density at radius 1 is 1.13 bits per heavy atom. The maximum Gasteiger partial charge on any atom is 0.336 e. The Hall–Kier alpha value is -1.67. The van der Waals surface area contributed by atoms with Crippen LogP contribution in [0.3, 0.4) is 0 Å². The largest absolute Gasteiger partial charge is 0.479 e. The third-order valence-electron chi connectivity index (χ3n) is 3.47. The average molecular weight is 330 g/mol. The normalized spacial score (nSPS) is 20.9. The molecule has 8 heteroatoms. The second-order valence-corrected chi connectivity index (χ2v) is 6.08. The summed E-state index contributed by atoms with van der Waals surface area (Å²) in [4.78, 5) is 34.8. The summed E-state index contributed by atoms with van der Waals surface area (Å²) < 4.78 is 4.78. The molecular weight excluding hydrogens is 304 g/mol. The second kappa shape index (κ2) is 9.46. The Bertz CT molecular complexity index is 426. The van der Waals surface area contributed by atoms with Gasteiger partial charge in [0.2, 0.25) is 5.91 Å². The van der Waals surface area contributed by atoms with Crippen LogP contribution in [-0.4, -0.2) is 59.4 Å². The monoisotopic (exact) mass is 330 g/mol. The highest BCUT2D eigenvalue weighted by Crippen LogP contribution is 2.22. The first-order valence-electron chi connectivity index (χ1n) is 7.94. The fraction of sp³-hybridized carbons (Fsp3) is 0.800. The quantitative estimate of drug-likeness (QED) is 0.303. The molecule has 2 amide bonds. The van der Waals surface area contributed by atoms with Gasteiger partial charge < -0.3 is 25.6 Å². The average Bonchev–Trinajstić information content (AvgIpc) is 3.26. The summed E-state index contributed by atoms with van der Waals surface area (Å²) in [6.07, 6.45) is 0.585. The molecule has 1 saturated heterocycles. The van der Waals surface area contributed by atoms with E-state index in [1.165, 1.54) is 0 Å². The molecule has 0 aromatic rings. The number of hydrogen-bond acceptors (Lipinski definition) is 5. The van der Waals surface area contributed by atoms with Crippen LogP contribution in [0.15, 0.2) is 0 Å². The van der Waals surface area contributed by atoms with Crippen LogP contribution in [0.2, 0.25) is 0 Å². The van der Waals surface area contributed by atoms with Gasteiger partial charge in [-0.15, -0.1) is 0 Å². The van der Waals surface area contributed by atoms with Crippen LogP contribution in [-0.2, 0) is 19.1 Å². The molecule has 0 unspecified atom stereocenters. The molecule has 1 aliphatic rings. The van der Waals surface area contributed by atoms with Gasteiger partial charge in [-0.1, -0.05) is 13.8 Å². The summed E-state index contributed by atoms with van der Waals surface area (Å²) in [5.74, 6) is -1.85. The highest BCUT2D eigenvalue weighted by molar-refractivity contribution is 5.95. The number of carboxylic acids is 1. The molecule has 0 aliphatic carbocycles. The van der Waals surface area contributed by atoms with E-state index in [0.717, 1.165) is 12.8 Å². The number of nitrogens with one attached hydrogen (secondary N) is 2. The molecule has 0 bridgehead atoms. The van der Waals surface area contributed by atoms with E-state index in [9.17, 15) is 14.4 Å². The van der Waals surface area contributed by atoms with E-state index in [4.69, 9.17) is 14.9 Å². The Morgan fingerprint density at radius 3 is 2.35 bits per heavy atom. The van der Waals surface area contributed by atoms with E-state index < -0.39 is 30.1 Å². The lowest BCUT2D eigenvalue weighted by molar-refractivity contribution is -0.138. The smallest absolute Gasteiger partial charge is 0.336 e. The summed E-state index contributed by atoms with van der Waals surface area (Å²) in [6.45, 7) is 4.47. The summed E-state index contributed by atoms with van der Waals surface area (Å²) in [5, 5.41) is 22.8. The molecule has 1 heterocycles. The van der Waals surface area contributed by atoms with Crippen LogP contribution >= 0.6 is 0 Å². The Kier molecular flexibility index (Phi) is 7.97. The topological polar surface area (TPSA) is 128 Å². The highest BCUT2D eigenvalue weighted by Gasteiger charge is 2.51. The SMILES string of the molecule is CC(C)C[C@H](NC(=O)[C@@H]1O[C@H]1C(=O)O)C(=O)NCCCCCO. The predicted molar refractivity (Wildman–Crippen MR) is 81.6 cm³/mol. The number of aliphatic hydroxyl groups excluding tert-OH is 1. The van der Waals surface area contributed by atoms with Gasteiger partial charge in [0.15, 0.2) is 12.2 Å². The molecular formula is C15H26N2O6. The molecule has 8 nitrogen and oxygen atoms in total. The minimum absolute atomic E-state index is 0.131. The van der Waals surface area contributed by atoms with E-state index in [1.54, 1.807) is 0 Å². The Morgan fingerprint density at radius 2 is 1.83 bits per heavy atom. The van der Waals surface area contributed by atoms with E-state index >= 15 is 0 Å². The number of epoxide rings is 1. The summed E-state index contributed by atoms with van der Waals surface area (Å²) in [5.41, 5.74) is 0. The van der Waals surface area contributed by atoms with Gasteiger partial charge in [0.25, 0.3) is 5.91 Å². The number of carboxylic acid groups (broad SMARTS) is 1. The van der Waals surface area contributed by atoms with Crippen molar-refractivity contribution < 1.29 is 29.3 Å². The first-order valence-corrected chi connectivity index (χ1v) is 7.94. The van der Waals surface area contributed by atoms with Crippen molar-refractivity contribution in [1.29, 1.82) is 0 Å². The minimum Gasteiger partial charge on any atom is -0.479 e. The number of carbonyl (C=O) groups is 3. The molecule has 4 N–H and O–H groups in total. The first-order chi connectivity index (χ1) is 10.9. The molecule has 1 fully saturated rings. The van der Waals surface area contributed by atoms with Gasteiger partial charge in [-0.3, -0.25) is 9.59 Å². The van der Waals surface area contributed by atoms with Gasteiger partial charge in [0, 0.05) is 13.2 Å². The predicted octanol–water partition coefficient (Wildman–Crippen LogP) is -0.352. The number of amides is 2. The van der Waals surface area contributed by atoms with Gasteiger partial charge in [-0.2, -0.15) is 0 Å². The molecule has 1 aliphatic heterocycles.